The number of anilines is 1. The van der Waals surface area contributed by atoms with Crippen LogP contribution in [0.5, 0.6) is 11.5 Å². The molecule has 0 spiro atoms. The molecule has 0 aliphatic carbocycles. The number of nitrogens with one attached hydrogen (secondary N) is 1. The summed E-state index contributed by atoms with van der Waals surface area (Å²) in [6, 6.07) is 8.50. The second kappa shape index (κ2) is 5.82. The minimum Gasteiger partial charge on any atom is -0.494 e. The van der Waals surface area contributed by atoms with E-state index < -0.39 is 0 Å². The van der Waals surface area contributed by atoms with Gasteiger partial charge < -0.3 is 14.8 Å². The molecule has 0 atom stereocenters. The maximum atomic E-state index is 13.4. The van der Waals surface area contributed by atoms with Gasteiger partial charge >= 0.3 is 0 Å². The summed E-state index contributed by atoms with van der Waals surface area (Å²) >= 11 is 6.13. The molecule has 1 N–H and O–H groups in total. The Labute approximate surface area is 127 Å². The predicted octanol–water partition coefficient (Wildman–Crippen LogP) is 4.03. The second-order valence-corrected chi connectivity index (χ2v) is 5.29. The lowest BCUT2D eigenvalue weighted by Gasteiger charge is -2.12. The molecule has 0 saturated carbocycles. The molecule has 0 bridgehead atoms. The van der Waals surface area contributed by atoms with Gasteiger partial charge in [0.15, 0.2) is 11.6 Å². The van der Waals surface area contributed by atoms with Gasteiger partial charge in [-0.3, -0.25) is 0 Å². The first-order valence-corrected chi connectivity index (χ1v) is 7.06. The fourth-order valence-electron chi connectivity index (χ4n) is 2.44. The number of hydrogen-bond acceptors (Lipinski definition) is 3. The van der Waals surface area contributed by atoms with Crippen LogP contribution in [0, 0.1) is 5.82 Å². The van der Waals surface area contributed by atoms with E-state index in [9.17, 15) is 4.39 Å². The maximum Gasteiger partial charge on any atom is 0.165 e. The predicted molar refractivity (Wildman–Crippen MR) is 80.9 cm³/mol. The van der Waals surface area contributed by atoms with Crippen LogP contribution in [0.25, 0.3) is 0 Å². The zero-order valence-corrected chi connectivity index (χ0v) is 12.3. The van der Waals surface area contributed by atoms with Gasteiger partial charge in [0.2, 0.25) is 0 Å². The smallest absolute Gasteiger partial charge is 0.165 e. The van der Waals surface area contributed by atoms with E-state index in [0.717, 1.165) is 29.0 Å². The van der Waals surface area contributed by atoms with E-state index in [1.807, 2.05) is 12.1 Å². The van der Waals surface area contributed by atoms with Gasteiger partial charge in [-0.1, -0.05) is 11.6 Å². The molecule has 0 fully saturated rings. The number of rotatable bonds is 4. The molecule has 0 saturated heterocycles. The van der Waals surface area contributed by atoms with E-state index in [0.29, 0.717) is 18.2 Å². The Kier molecular flexibility index (Phi) is 3.88. The third-order valence-corrected chi connectivity index (χ3v) is 3.68. The van der Waals surface area contributed by atoms with Gasteiger partial charge in [0.05, 0.1) is 13.7 Å². The molecule has 0 aromatic heterocycles. The van der Waals surface area contributed by atoms with Crippen molar-refractivity contribution in [1.82, 2.24) is 0 Å². The number of hydrogen-bond donors (Lipinski definition) is 1. The number of benzene rings is 2. The van der Waals surface area contributed by atoms with Crippen molar-refractivity contribution in [1.29, 1.82) is 0 Å². The first kappa shape index (κ1) is 14.0. The molecule has 2 aromatic rings. The Hall–Kier alpha value is -1.94. The molecule has 21 heavy (non-hydrogen) atoms. The summed E-state index contributed by atoms with van der Waals surface area (Å²) < 4.78 is 24.0. The number of fused-ring (bicyclic) bond motifs is 1. The van der Waals surface area contributed by atoms with Crippen molar-refractivity contribution in [3.63, 3.8) is 0 Å². The highest BCUT2D eigenvalue weighted by Crippen LogP contribution is 2.33. The van der Waals surface area contributed by atoms with Crippen molar-refractivity contribution in [2.24, 2.45) is 0 Å². The molecule has 5 heteroatoms. The zero-order chi connectivity index (χ0) is 14.8. The van der Waals surface area contributed by atoms with Crippen molar-refractivity contribution < 1.29 is 13.9 Å². The van der Waals surface area contributed by atoms with Gasteiger partial charge in [0.1, 0.15) is 5.75 Å². The first-order chi connectivity index (χ1) is 10.2. The number of ether oxygens (including phenoxy) is 2. The Morgan fingerprint density at radius 3 is 3.00 bits per heavy atom. The highest BCUT2D eigenvalue weighted by molar-refractivity contribution is 6.30. The third-order valence-electron chi connectivity index (χ3n) is 3.46. The van der Waals surface area contributed by atoms with E-state index >= 15 is 0 Å². The first-order valence-electron chi connectivity index (χ1n) is 6.69. The van der Waals surface area contributed by atoms with Crippen LogP contribution >= 0.6 is 11.6 Å². The third kappa shape index (κ3) is 2.90. The van der Waals surface area contributed by atoms with Crippen molar-refractivity contribution in [3.8, 4) is 11.5 Å². The van der Waals surface area contributed by atoms with Gasteiger partial charge in [0.25, 0.3) is 0 Å². The highest BCUT2D eigenvalue weighted by atomic mass is 35.5. The molecule has 1 heterocycles. The van der Waals surface area contributed by atoms with Crippen LogP contribution in [0.4, 0.5) is 10.1 Å². The van der Waals surface area contributed by atoms with Crippen molar-refractivity contribution >= 4 is 17.3 Å². The molecule has 110 valence electrons. The normalized spacial score (nSPS) is 12.7. The van der Waals surface area contributed by atoms with Gasteiger partial charge in [-0.15, -0.1) is 0 Å². The molecule has 3 nitrogen and oxygen atoms in total. The minimum absolute atomic E-state index is 0.215. The topological polar surface area (TPSA) is 30.5 Å². The van der Waals surface area contributed by atoms with Crippen molar-refractivity contribution in [3.05, 3.63) is 52.3 Å². The number of methoxy groups -OCH3 is 1. The van der Waals surface area contributed by atoms with Crippen LogP contribution in [0.15, 0.2) is 30.3 Å². The minimum atomic E-state index is -0.380. The summed E-state index contributed by atoms with van der Waals surface area (Å²) in [5, 5.41) is 3.94. The highest BCUT2D eigenvalue weighted by Gasteiger charge is 2.17. The summed E-state index contributed by atoms with van der Waals surface area (Å²) in [4.78, 5) is 0. The standard InChI is InChI=1S/C16H15ClFNO2/c1-20-15-8-13(2-3-14(15)18)19-9-11-7-12(17)6-10-4-5-21-16(10)11/h2-3,6-8,19H,4-5,9H2,1H3. The fourth-order valence-corrected chi connectivity index (χ4v) is 2.71. The maximum absolute atomic E-state index is 13.4. The van der Waals surface area contributed by atoms with Crippen LogP contribution in [0.2, 0.25) is 5.02 Å². The van der Waals surface area contributed by atoms with Crippen LogP contribution in [0.1, 0.15) is 11.1 Å². The van der Waals surface area contributed by atoms with Crippen LogP contribution in [-0.2, 0) is 13.0 Å². The van der Waals surface area contributed by atoms with Crippen molar-refractivity contribution in [2.45, 2.75) is 13.0 Å². The average molecular weight is 308 g/mol. The zero-order valence-electron chi connectivity index (χ0n) is 11.6. The fraction of sp³-hybridized carbons (Fsp3) is 0.250. The van der Waals surface area contributed by atoms with Gasteiger partial charge in [-0.25, -0.2) is 4.39 Å². The molecule has 0 unspecified atom stereocenters. The van der Waals surface area contributed by atoms with E-state index in [1.54, 1.807) is 12.1 Å². The summed E-state index contributed by atoms with van der Waals surface area (Å²) in [5.74, 6) is 0.739. The Morgan fingerprint density at radius 1 is 1.33 bits per heavy atom. The SMILES string of the molecule is COc1cc(NCc2cc(Cl)cc3c2OCC3)ccc1F. The molecular formula is C16H15ClFNO2. The van der Waals surface area contributed by atoms with Crippen LogP contribution < -0.4 is 14.8 Å². The molecule has 0 amide bonds. The van der Waals surface area contributed by atoms with Crippen LogP contribution in [-0.4, -0.2) is 13.7 Å². The lowest BCUT2D eigenvalue weighted by Crippen LogP contribution is -2.02. The molecule has 1 aliphatic heterocycles. The largest absolute Gasteiger partial charge is 0.494 e. The Bertz CT molecular complexity index is 676. The van der Waals surface area contributed by atoms with Gasteiger partial charge in [0, 0.05) is 35.3 Å². The molecule has 0 radical (unpaired) electrons. The average Bonchev–Trinajstić information content (AvgIpc) is 2.94. The quantitative estimate of drug-likeness (QED) is 0.925. The summed E-state index contributed by atoms with van der Waals surface area (Å²) in [6.45, 7) is 1.24. The van der Waals surface area contributed by atoms with Gasteiger partial charge in [-0.05, 0) is 29.8 Å². The molecule has 3 rings (SSSR count). The van der Waals surface area contributed by atoms with E-state index in [-0.39, 0.29) is 11.6 Å². The van der Waals surface area contributed by atoms with E-state index in [1.165, 1.54) is 13.2 Å². The molecule has 1 aliphatic rings. The lowest BCUT2D eigenvalue weighted by atomic mass is 10.1. The molecular weight excluding hydrogens is 293 g/mol. The van der Waals surface area contributed by atoms with E-state index in [2.05, 4.69) is 5.32 Å². The number of halogens is 2. The van der Waals surface area contributed by atoms with Crippen molar-refractivity contribution in [2.75, 3.05) is 19.0 Å². The summed E-state index contributed by atoms with van der Waals surface area (Å²) in [6.07, 6.45) is 0.882. The summed E-state index contributed by atoms with van der Waals surface area (Å²) in [5.41, 5.74) is 2.91. The lowest BCUT2D eigenvalue weighted by molar-refractivity contribution is 0.354. The monoisotopic (exact) mass is 307 g/mol. The second-order valence-electron chi connectivity index (χ2n) is 4.85. The Balaban J connectivity index is 1.79. The summed E-state index contributed by atoms with van der Waals surface area (Å²) in [7, 11) is 1.44. The molecule has 2 aromatic carbocycles. The Morgan fingerprint density at radius 2 is 2.19 bits per heavy atom. The van der Waals surface area contributed by atoms with Crippen LogP contribution in [0.3, 0.4) is 0 Å². The van der Waals surface area contributed by atoms with E-state index in [4.69, 9.17) is 21.1 Å². The van der Waals surface area contributed by atoms with Gasteiger partial charge in [-0.2, -0.15) is 0 Å².